The van der Waals surface area contributed by atoms with Gasteiger partial charge in [-0.2, -0.15) is 5.26 Å². The summed E-state index contributed by atoms with van der Waals surface area (Å²) in [7, 11) is 1.84. The van der Waals surface area contributed by atoms with Crippen molar-refractivity contribution in [2.24, 2.45) is 5.41 Å². The molecule has 0 bridgehead atoms. The fourth-order valence-electron chi connectivity index (χ4n) is 1.41. The van der Waals surface area contributed by atoms with Gasteiger partial charge in [0.05, 0.1) is 6.07 Å². The predicted molar refractivity (Wildman–Crippen MR) is 73.5 cm³/mol. The molecule has 0 saturated carbocycles. The maximum absolute atomic E-state index is 8.65. The summed E-state index contributed by atoms with van der Waals surface area (Å²) in [5.74, 6) is 1.55. The van der Waals surface area contributed by atoms with Crippen molar-refractivity contribution in [3.63, 3.8) is 0 Å². The topological polar surface area (TPSA) is 64.8 Å². The summed E-state index contributed by atoms with van der Waals surface area (Å²) in [5.41, 5.74) is 0.306. The molecule has 1 heterocycles. The summed E-state index contributed by atoms with van der Waals surface area (Å²) < 4.78 is 0. The molecule has 0 radical (unpaired) electrons. The minimum atomic E-state index is 0.306. The van der Waals surface area contributed by atoms with Gasteiger partial charge in [-0.25, -0.2) is 9.97 Å². The summed E-state index contributed by atoms with van der Waals surface area (Å²) in [5, 5.41) is 11.9. The van der Waals surface area contributed by atoms with Gasteiger partial charge >= 0.3 is 0 Å². The molecule has 1 rings (SSSR count). The van der Waals surface area contributed by atoms with Crippen LogP contribution in [0.3, 0.4) is 0 Å². The number of anilines is 2. The van der Waals surface area contributed by atoms with Gasteiger partial charge in [0.2, 0.25) is 0 Å². The summed E-state index contributed by atoms with van der Waals surface area (Å²) in [6.45, 7) is 7.82. The van der Waals surface area contributed by atoms with Crippen LogP contribution in [-0.4, -0.2) is 30.1 Å². The lowest BCUT2D eigenvalue weighted by atomic mass is 9.92. The van der Waals surface area contributed by atoms with Crippen LogP contribution in [0.5, 0.6) is 0 Å². The highest BCUT2D eigenvalue weighted by atomic mass is 15.2. The van der Waals surface area contributed by atoms with Crippen molar-refractivity contribution in [1.29, 1.82) is 5.26 Å². The zero-order valence-corrected chi connectivity index (χ0v) is 11.6. The third-order valence-electron chi connectivity index (χ3n) is 2.53. The van der Waals surface area contributed by atoms with Crippen LogP contribution in [0.25, 0.3) is 0 Å². The molecule has 5 nitrogen and oxygen atoms in total. The van der Waals surface area contributed by atoms with Crippen LogP contribution in [0.15, 0.2) is 12.4 Å². The Hall–Kier alpha value is -1.83. The quantitative estimate of drug-likeness (QED) is 0.809. The number of nitrogens with zero attached hydrogens (tertiary/aromatic N) is 4. The lowest BCUT2D eigenvalue weighted by molar-refractivity contribution is 0.389. The third-order valence-corrected chi connectivity index (χ3v) is 2.53. The predicted octanol–water partition coefficient (Wildman–Crippen LogP) is 2.28. The van der Waals surface area contributed by atoms with E-state index in [4.69, 9.17) is 5.26 Å². The van der Waals surface area contributed by atoms with Gasteiger partial charge in [-0.05, 0) is 11.8 Å². The highest BCUT2D eigenvalue weighted by Crippen LogP contribution is 2.18. The Kier molecular flexibility index (Phi) is 4.90. The molecule has 0 spiro atoms. The van der Waals surface area contributed by atoms with E-state index in [-0.39, 0.29) is 0 Å². The number of rotatable bonds is 5. The second kappa shape index (κ2) is 6.20. The van der Waals surface area contributed by atoms with Crippen molar-refractivity contribution in [3.05, 3.63) is 12.4 Å². The molecular formula is C13H21N5. The van der Waals surface area contributed by atoms with Crippen LogP contribution >= 0.6 is 0 Å². The summed E-state index contributed by atoms with van der Waals surface area (Å²) >= 11 is 0. The van der Waals surface area contributed by atoms with E-state index in [1.54, 1.807) is 4.90 Å². The molecule has 5 heteroatoms. The molecule has 0 saturated heterocycles. The smallest absolute Gasteiger partial charge is 0.134 e. The van der Waals surface area contributed by atoms with Gasteiger partial charge < -0.3 is 10.2 Å². The minimum Gasteiger partial charge on any atom is -0.370 e. The van der Waals surface area contributed by atoms with Gasteiger partial charge in [-0.3, -0.25) is 0 Å². The van der Waals surface area contributed by atoms with Crippen molar-refractivity contribution in [3.8, 4) is 6.07 Å². The molecule has 18 heavy (non-hydrogen) atoms. The van der Waals surface area contributed by atoms with Crippen LogP contribution in [0, 0.1) is 16.7 Å². The molecule has 0 atom stereocenters. The van der Waals surface area contributed by atoms with Crippen LogP contribution in [-0.2, 0) is 0 Å². The Morgan fingerprint density at radius 3 is 2.72 bits per heavy atom. The summed E-state index contributed by atoms with van der Waals surface area (Å²) in [4.78, 5) is 10.1. The summed E-state index contributed by atoms with van der Waals surface area (Å²) in [6, 6.07) is 3.95. The van der Waals surface area contributed by atoms with Crippen molar-refractivity contribution >= 4 is 11.6 Å². The average Bonchev–Trinajstić information content (AvgIpc) is 2.28. The Morgan fingerprint density at radius 2 is 2.11 bits per heavy atom. The third kappa shape index (κ3) is 5.00. The normalized spacial score (nSPS) is 10.8. The van der Waals surface area contributed by atoms with E-state index in [2.05, 4.69) is 42.1 Å². The number of aromatic nitrogens is 2. The Morgan fingerprint density at radius 1 is 1.39 bits per heavy atom. The molecule has 0 fully saturated rings. The SMILES string of the molecule is CN(CC#N)c1cc(NCCC(C)(C)C)ncn1. The molecule has 0 aliphatic heterocycles. The molecule has 0 aliphatic carbocycles. The highest BCUT2D eigenvalue weighted by Gasteiger charge is 2.09. The monoisotopic (exact) mass is 247 g/mol. The van der Waals surface area contributed by atoms with E-state index < -0.39 is 0 Å². The first-order valence-corrected chi connectivity index (χ1v) is 6.06. The molecule has 0 unspecified atom stereocenters. The second-order valence-electron chi connectivity index (χ2n) is 5.51. The standard InChI is InChI=1S/C13H21N5/c1-13(2,3)5-7-15-11-9-12(17-10-16-11)18(4)8-6-14/h9-10H,5,7-8H2,1-4H3,(H,15,16,17). The molecule has 0 aliphatic rings. The van der Waals surface area contributed by atoms with E-state index in [0.29, 0.717) is 12.0 Å². The number of nitriles is 1. The molecular weight excluding hydrogens is 226 g/mol. The van der Waals surface area contributed by atoms with Gasteiger partial charge in [0.15, 0.2) is 0 Å². The molecule has 1 aromatic rings. The van der Waals surface area contributed by atoms with Crippen molar-refractivity contribution in [1.82, 2.24) is 9.97 Å². The van der Waals surface area contributed by atoms with Crippen molar-refractivity contribution in [2.75, 3.05) is 30.4 Å². The van der Waals surface area contributed by atoms with Gasteiger partial charge in [0, 0.05) is 19.7 Å². The van der Waals surface area contributed by atoms with E-state index in [1.807, 2.05) is 13.1 Å². The first-order chi connectivity index (χ1) is 8.42. The number of hydrogen-bond donors (Lipinski definition) is 1. The zero-order chi connectivity index (χ0) is 13.6. The summed E-state index contributed by atoms with van der Waals surface area (Å²) in [6.07, 6.45) is 2.59. The molecule has 0 amide bonds. The molecule has 98 valence electrons. The zero-order valence-electron chi connectivity index (χ0n) is 11.6. The van der Waals surface area contributed by atoms with Crippen molar-refractivity contribution in [2.45, 2.75) is 27.2 Å². The van der Waals surface area contributed by atoms with Gasteiger partial charge in [0.25, 0.3) is 0 Å². The van der Waals surface area contributed by atoms with E-state index in [9.17, 15) is 0 Å². The molecule has 0 aromatic carbocycles. The largest absolute Gasteiger partial charge is 0.370 e. The fourth-order valence-corrected chi connectivity index (χ4v) is 1.41. The molecule has 1 aromatic heterocycles. The maximum Gasteiger partial charge on any atom is 0.134 e. The van der Waals surface area contributed by atoms with Crippen molar-refractivity contribution < 1.29 is 0 Å². The second-order valence-corrected chi connectivity index (χ2v) is 5.51. The van der Waals surface area contributed by atoms with Crippen LogP contribution in [0.2, 0.25) is 0 Å². The van der Waals surface area contributed by atoms with Crippen LogP contribution in [0.1, 0.15) is 27.2 Å². The van der Waals surface area contributed by atoms with Gasteiger partial charge in [0.1, 0.15) is 24.5 Å². The van der Waals surface area contributed by atoms with Gasteiger partial charge in [-0.15, -0.1) is 0 Å². The Bertz CT molecular complexity index is 416. The number of hydrogen-bond acceptors (Lipinski definition) is 5. The fraction of sp³-hybridized carbons (Fsp3) is 0.615. The van der Waals surface area contributed by atoms with E-state index >= 15 is 0 Å². The first kappa shape index (κ1) is 14.2. The average molecular weight is 247 g/mol. The minimum absolute atomic E-state index is 0.306. The van der Waals surface area contributed by atoms with Crippen LogP contribution in [0.4, 0.5) is 11.6 Å². The first-order valence-electron chi connectivity index (χ1n) is 6.06. The van der Waals surface area contributed by atoms with E-state index in [0.717, 1.165) is 24.6 Å². The maximum atomic E-state index is 8.65. The lowest BCUT2D eigenvalue weighted by Gasteiger charge is -2.19. The molecule has 1 N–H and O–H groups in total. The highest BCUT2D eigenvalue weighted by molar-refractivity contribution is 5.48. The lowest BCUT2D eigenvalue weighted by Crippen LogP contribution is -2.19. The number of nitrogens with one attached hydrogen (secondary N) is 1. The van der Waals surface area contributed by atoms with Crippen LogP contribution < -0.4 is 10.2 Å². The van der Waals surface area contributed by atoms with Gasteiger partial charge in [-0.1, -0.05) is 20.8 Å². The Balaban J connectivity index is 2.57. The van der Waals surface area contributed by atoms with E-state index in [1.165, 1.54) is 6.33 Å². The Labute approximate surface area is 109 Å².